The van der Waals surface area contributed by atoms with Crippen molar-refractivity contribution < 1.29 is 9.47 Å². The predicted octanol–water partition coefficient (Wildman–Crippen LogP) is 2.28. The van der Waals surface area contributed by atoms with Gasteiger partial charge in [-0.2, -0.15) is 15.5 Å². The van der Waals surface area contributed by atoms with Gasteiger partial charge in [-0.1, -0.05) is 6.07 Å². The molecular formula is C18H17N5O2. The van der Waals surface area contributed by atoms with Crippen molar-refractivity contribution >= 4 is 5.82 Å². The van der Waals surface area contributed by atoms with Gasteiger partial charge in [-0.3, -0.25) is 0 Å². The molecule has 7 nitrogen and oxygen atoms in total. The van der Waals surface area contributed by atoms with Crippen LogP contribution in [0.3, 0.4) is 0 Å². The van der Waals surface area contributed by atoms with Gasteiger partial charge >= 0.3 is 6.01 Å². The Kier molecular flexibility index (Phi) is 4.96. The molecule has 1 aliphatic rings. The summed E-state index contributed by atoms with van der Waals surface area (Å²) in [5.41, 5.74) is 1.02. The second kappa shape index (κ2) is 7.50. The highest BCUT2D eigenvalue weighted by Crippen LogP contribution is 2.25. The average molecular weight is 335 g/mol. The van der Waals surface area contributed by atoms with Gasteiger partial charge in [0, 0.05) is 25.9 Å². The van der Waals surface area contributed by atoms with Crippen LogP contribution < -0.4 is 14.4 Å². The molecule has 7 heteroatoms. The minimum Gasteiger partial charge on any atom is -0.490 e. The van der Waals surface area contributed by atoms with E-state index >= 15 is 0 Å². The zero-order valence-corrected chi connectivity index (χ0v) is 13.8. The van der Waals surface area contributed by atoms with E-state index in [9.17, 15) is 5.26 Å². The lowest BCUT2D eigenvalue weighted by Gasteiger charge is -2.33. The van der Waals surface area contributed by atoms with Gasteiger partial charge in [-0.25, -0.2) is 4.98 Å². The van der Waals surface area contributed by atoms with Crippen molar-refractivity contribution in [3.05, 3.63) is 41.6 Å². The molecular weight excluding hydrogens is 318 g/mol. The van der Waals surface area contributed by atoms with Crippen LogP contribution in [0.2, 0.25) is 0 Å². The number of ether oxygens (including phenoxy) is 2. The Balaban J connectivity index is 1.66. The maximum absolute atomic E-state index is 9.26. The minimum absolute atomic E-state index is 0.0689. The van der Waals surface area contributed by atoms with Gasteiger partial charge in [0.2, 0.25) is 0 Å². The molecule has 0 N–H and O–H groups in total. The number of nitrogens with zero attached hydrogens (tertiary/aromatic N) is 5. The zero-order chi connectivity index (χ0) is 17.6. The molecule has 0 amide bonds. The second-order valence-electron chi connectivity index (χ2n) is 5.65. The molecule has 126 valence electrons. The van der Waals surface area contributed by atoms with E-state index in [0.717, 1.165) is 25.9 Å². The molecule has 1 aromatic heterocycles. The summed E-state index contributed by atoms with van der Waals surface area (Å²) in [6.45, 7) is 1.44. The molecule has 1 saturated heterocycles. The Morgan fingerprint density at radius 2 is 2.00 bits per heavy atom. The van der Waals surface area contributed by atoms with Crippen LogP contribution in [0.15, 0.2) is 30.5 Å². The molecule has 1 aliphatic heterocycles. The highest BCUT2D eigenvalue weighted by Gasteiger charge is 2.24. The lowest BCUT2D eigenvalue weighted by atomic mass is 10.1. The minimum atomic E-state index is 0.0689. The molecule has 0 unspecified atom stereocenters. The molecule has 0 bridgehead atoms. The van der Waals surface area contributed by atoms with Crippen LogP contribution >= 0.6 is 0 Å². The van der Waals surface area contributed by atoms with Gasteiger partial charge in [0.25, 0.3) is 0 Å². The van der Waals surface area contributed by atoms with Crippen molar-refractivity contribution in [3.63, 3.8) is 0 Å². The normalized spacial score (nSPS) is 14.4. The van der Waals surface area contributed by atoms with Crippen LogP contribution in [0, 0.1) is 22.7 Å². The number of benzene rings is 1. The molecule has 0 saturated carbocycles. The summed E-state index contributed by atoms with van der Waals surface area (Å²) in [4.78, 5) is 10.3. The molecule has 2 heterocycles. The SMILES string of the molecule is COc1ncc(C#N)c(N2CCC(Oc3cccc(C#N)c3)CC2)n1. The highest BCUT2D eigenvalue weighted by molar-refractivity contribution is 5.53. The van der Waals surface area contributed by atoms with E-state index in [1.165, 1.54) is 13.3 Å². The third-order valence-electron chi connectivity index (χ3n) is 4.06. The van der Waals surface area contributed by atoms with E-state index in [2.05, 4.69) is 22.1 Å². The summed E-state index contributed by atoms with van der Waals surface area (Å²) in [5, 5.41) is 18.2. The van der Waals surface area contributed by atoms with Crippen LogP contribution in [0.5, 0.6) is 11.8 Å². The molecule has 0 aliphatic carbocycles. The van der Waals surface area contributed by atoms with Gasteiger partial charge < -0.3 is 14.4 Å². The standard InChI is InChI=1S/C18H17N5O2/c1-24-18-21-12-14(11-20)17(22-18)23-7-5-15(6-8-23)25-16-4-2-3-13(9-16)10-19/h2-4,9,12,15H,5-8H2,1H3. The third-order valence-corrected chi connectivity index (χ3v) is 4.06. The highest BCUT2D eigenvalue weighted by atomic mass is 16.5. The van der Waals surface area contributed by atoms with Crippen molar-refractivity contribution in [2.75, 3.05) is 25.1 Å². The monoisotopic (exact) mass is 335 g/mol. The molecule has 25 heavy (non-hydrogen) atoms. The maximum Gasteiger partial charge on any atom is 0.318 e. The summed E-state index contributed by atoms with van der Waals surface area (Å²) < 4.78 is 11.0. The Labute approximate surface area is 146 Å². The number of rotatable bonds is 4. The summed E-state index contributed by atoms with van der Waals surface area (Å²) in [7, 11) is 1.50. The molecule has 3 rings (SSSR count). The number of hydrogen-bond acceptors (Lipinski definition) is 7. The Morgan fingerprint density at radius 3 is 2.68 bits per heavy atom. The third kappa shape index (κ3) is 3.78. The summed E-state index contributed by atoms with van der Waals surface area (Å²) in [6.07, 6.45) is 3.15. The van der Waals surface area contributed by atoms with Gasteiger partial charge in [-0.15, -0.1) is 0 Å². The summed E-state index contributed by atoms with van der Waals surface area (Å²) in [5.74, 6) is 1.30. The maximum atomic E-state index is 9.26. The van der Waals surface area contributed by atoms with Crippen LogP contribution in [-0.2, 0) is 0 Å². The van der Waals surface area contributed by atoms with Crippen molar-refractivity contribution in [2.45, 2.75) is 18.9 Å². The van der Waals surface area contributed by atoms with Crippen LogP contribution in [0.1, 0.15) is 24.0 Å². The molecule has 0 spiro atoms. The molecule has 0 atom stereocenters. The largest absolute Gasteiger partial charge is 0.490 e. The van der Waals surface area contributed by atoms with E-state index in [1.807, 2.05) is 17.0 Å². The van der Waals surface area contributed by atoms with Crippen molar-refractivity contribution in [3.8, 4) is 23.9 Å². The van der Waals surface area contributed by atoms with E-state index in [0.29, 0.717) is 22.7 Å². The molecule has 1 aromatic carbocycles. The Bertz CT molecular complexity index is 832. The number of aromatic nitrogens is 2. The zero-order valence-electron chi connectivity index (χ0n) is 13.8. The van der Waals surface area contributed by atoms with Crippen molar-refractivity contribution in [1.82, 2.24) is 9.97 Å². The first-order chi connectivity index (χ1) is 12.2. The topological polar surface area (TPSA) is 95.1 Å². The van der Waals surface area contributed by atoms with Crippen LogP contribution in [0.25, 0.3) is 0 Å². The number of hydrogen-bond donors (Lipinski definition) is 0. The van der Waals surface area contributed by atoms with Gasteiger partial charge in [-0.05, 0) is 18.2 Å². The summed E-state index contributed by atoms with van der Waals surface area (Å²) >= 11 is 0. The fourth-order valence-corrected chi connectivity index (χ4v) is 2.79. The van der Waals surface area contributed by atoms with E-state index in [1.54, 1.807) is 12.1 Å². The first kappa shape index (κ1) is 16.5. The lowest BCUT2D eigenvalue weighted by molar-refractivity contribution is 0.170. The van der Waals surface area contributed by atoms with Crippen molar-refractivity contribution in [1.29, 1.82) is 10.5 Å². The number of nitriles is 2. The lowest BCUT2D eigenvalue weighted by Crippen LogP contribution is -2.39. The Hall–Kier alpha value is -3.32. The smallest absolute Gasteiger partial charge is 0.318 e. The predicted molar refractivity (Wildman–Crippen MR) is 90.3 cm³/mol. The van der Waals surface area contributed by atoms with Crippen LogP contribution in [-0.4, -0.2) is 36.3 Å². The number of anilines is 1. The average Bonchev–Trinajstić information content (AvgIpc) is 2.68. The van der Waals surface area contributed by atoms with Crippen LogP contribution in [0.4, 0.5) is 5.82 Å². The molecule has 2 aromatic rings. The second-order valence-corrected chi connectivity index (χ2v) is 5.65. The molecule has 1 fully saturated rings. The fourth-order valence-electron chi connectivity index (χ4n) is 2.79. The van der Waals surface area contributed by atoms with Gasteiger partial charge in [0.15, 0.2) is 5.82 Å². The van der Waals surface area contributed by atoms with E-state index < -0.39 is 0 Å². The fraction of sp³-hybridized carbons (Fsp3) is 0.333. The van der Waals surface area contributed by atoms with Gasteiger partial charge in [0.1, 0.15) is 23.5 Å². The number of piperidine rings is 1. The first-order valence-corrected chi connectivity index (χ1v) is 7.96. The molecule has 0 radical (unpaired) electrons. The van der Waals surface area contributed by atoms with E-state index in [-0.39, 0.29) is 12.1 Å². The van der Waals surface area contributed by atoms with Crippen molar-refractivity contribution in [2.24, 2.45) is 0 Å². The van der Waals surface area contributed by atoms with Gasteiger partial charge in [0.05, 0.1) is 24.9 Å². The number of methoxy groups -OCH3 is 1. The van der Waals surface area contributed by atoms with E-state index in [4.69, 9.17) is 14.7 Å². The quantitative estimate of drug-likeness (QED) is 0.845. The Morgan fingerprint density at radius 1 is 1.20 bits per heavy atom. The first-order valence-electron chi connectivity index (χ1n) is 7.96. The summed E-state index contributed by atoms with van der Waals surface area (Å²) in [6, 6.07) is 11.7.